The van der Waals surface area contributed by atoms with Crippen molar-refractivity contribution in [1.82, 2.24) is 10.2 Å². The third kappa shape index (κ3) is 2.98. The number of piperazine rings is 1. The summed E-state index contributed by atoms with van der Waals surface area (Å²) in [5.41, 5.74) is 9.25. The molecule has 0 saturated carbocycles. The molecule has 116 valence electrons. The average Bonchev–Trinajstić information content (AvgIpc) is 2.55. The molecule has 1 heterocycles. The minimum absolute atomic E-state index is 0.195. The van der Waals surface area contributed by atoms with Gasteiger partial charge in [-0.05, 0) is 36.2 Å². The maximum atomic E-state index is 13.2. The molecule has 3 rings (SSSR count). The van der Waals surface area contributed by atoms with Gasteiger partial charge in [-0.3, -0.25) is 4.90 Å². The summed E-state index contributed by atoms with van der Waals surface area (Å²) >= 11 is 0. The van der Waals surface area contributed by atoms with Gasteiger partial charge in [-0.2, -0.15) is 0 Å². The molecule has 0 spiro atoms. The SMILES string of the molecule is CC(c1ccccc1N)N1CCNCC1c1ccc(F)cc1. The van der Waals surface area contributed by atoms with Crippen LogP contribution in [0.4, 0.5) is 10.1 Å². The third-order valence-corrected chi connectivity index (χ3v) is 4.48. The molecule has 2 atom stereocenters. The van der Waals surface area contributed by atoms with Gasteiger partial charge in [-0.25, -0.2) is 4.39 Å². The lowest BCUT2D eigenvalue weighted by Gasteiger charge is -2.41. The number of benzene rings is 2. The average molecular weight is 299 g/mol. The van der Waals surface area contributed by atoms with E-state index in [1.165, 1.54) is 12.1 Å². The number of nitrogens with two attached hydrogens (primary N) is 1. The van der Waals surface area contributed by atoms with E-state index in [0.29, 0.717) is 0 Å². The number of halogens is 1. The van der Waals surface area contributed by atoms with Crippen molar-refractivity contribution in [3.05, 3.63) is 65.5 Å². The fourth-order valence-corrected chi connectivity index (χ4v) is 3.25. The molecule has 3 N–H and O–H groups in total. The summed E-state index contributed by atoms with van der Waals surface area (Å²) in [6.07, 6.45) is 0. The number of hydrogen-bond donors (Lipinski definition) is 2. The van der Waals surface area contributed by atoms with Crippen molar-refractivity contribution in [3.8, 4) is 0 Å². The van der Waals surface area contributed by atoms with Crippen LogP contribution in [-0.2, 0) is 0 Å². The van der Waals surface area contributed by atoms with Crippen LogP contribution < -0.4 is 11.1 Å². The quantitative estimate of drug-likeness (QED) is 0.856. The zero-order valence-corrected chi connectivity index (χ0v) is 12.8. The van der Waals surface area contributed by atoms with Crippen LogP contribution in [0.25, 0.3) is 0 Å². The van der Waals surface area contributed by atoms with Gasteiger partial charge in [0.05, 0.1) is 0 Å². The van der Waals surface area contributed by atoms with E-state index >= 15 is 0 Å². The van der Waals surface area contributed by atoms with E-state index in [1.54, 1.807) is 0 Å². The number of nitrogens with zero attached hydrogens (tertiary/aromatic N) is 1. The lowest BCUT2D eigenvalue weighted by Crippen LogP contribution is -2.47. The van der Waals surface area contributed by atoms with Crippen LogP contribution in [0.5, 0.6) is 0 Å². The Hall–Kier alpha value is -1.91. The van der Waals surface area contributed by atoms with Gasteiger partial charge in [-0.1, -0.05) is 30.3 Å². The summed E-state index contributed by atoms with van der Waals surface area (Å²) in [6.45, 7) is 4.95. The summed E-state index contributed by atoms with van der Waals surface area (Å²) in [5, 5.41) is 3.43. The number of anilines is 1. The van der Waals surface area contributed by atoms with Crippen LogP contribution in [0, 0.1) is 5.82 Å². The number of nitrogens with one attached hydrogen (secondary N) is 1. The van der Waals surface area contributed by atoms with Gasteiger partial charge in [0.15, 0.2) is 0 Å². The van der Waals surface area contributed by atoms with Crippen molar-refractivity contribution in [1.29, 1.82) is 0 Å². The maximum absolute atomic E-state index is 13.2. The van der Waals surface area contributed by atoms with Gasteiger partial charge in [0.1, 0.15) is 5.82 Å². The van der Waals surface area contributed by atoms with Crippen molar-refractivity contribution in [3.63, 3.8) is 0 Å². The standard InChI is InChI=1S/C18H22FN3/c1-13(16-4-2-3-5-17(16)20)22-11-10-21-12-18(22)14-6-8-15(19)9-7-14/h2-9,13,18,21H,10-12,20H2,1H3. The molecule has 3 nitrogen and oxygen atoms in total. The van der Waals surface area contributed by atoms with Crippen molar-refractivity contribution < 1.29 is 4.39 Å². The smallest absolute Gasteiger partial charge is 0.123 e. The number of hydrogen-bond acceptors (Lipinski definition) is 3. The van der Waals surface area contributed by atoms with E-state index in [9.17, 15) is 4.39 Å². The molecule has 1 saturated heterocycles. The van der Waals surface area contributed by atoms with E-state index in [4.69, 9.17) is 5.73 Å². The van der Waals surface area contributed by atoms with Crippen LogP contribution in [0.1, 0.15) is 30.1 Å². The first-order valence-corrected chi connectivity index (χ1v) is 7.73. The Morgan fingerprint density at radius 1 is 1.18 bits per heavy atom. The number of para-hydroxylation sites is 1. The summed E-state index contributed by atoms with van der Waals surface area (Å²) in [6, 6.07) is 15.3. The van der Waals surface area contributed by atoms with E-state index in [1.807, 2.05) is 30.3 Å². The Morgan fingerprint density at radius 2 is 1.91 bits per heavy atom. The largest absolute Gasteiger partial charge is 0.398 e. The molecule has 0 amide bonds. The first kappa shape index (κ1) is 15.0. The molecule has 1 fully saturated rings. The molecular formula is C18H22FN3. The Balaban J connectivity index is 1.89. The third-order valence-electron chi connectivity index (χ3n) is 4.48. The second-order valence-corrected chi connectivity index (χ2v) is 5.81. The van der Waals surface area contributed by atoms with Gasteiger partial charge < -0.3 is 11.1 Å². The van der Waals surface area contributed by atoms with Crippen molar-refractivity contribution in [2.24, 2.45) is 0 Å². The minimum Gasteiger partial charge on any atom is -0.398 e. The number of rotatable bonds is 3. The van der Waals surface area contributed by atoms with E-state index < -0.39 is 0 Å². The molecule has 22 heavy (non-hydrogen) atoms. The van der Waals surface area contributed by atoms with Crippen LogP contribution in [0.15, 0.2) is 48.5 Å². The topological polar surface area (TPSA) is 41.3 Å². The highest BCUT2D eigenvalue weighted by Crippen LogP contribution is 2.33. The Kier molecular flexibility index (Phi) is 4.41. The Labute approximate surface area is 130 Å². The van der Waals surface area contributed by atoms with Crippen LogP contribution >= 0.6 is 0 Å². The highest BCUT2D eigenvalue weighted by atomic mass is 19.1. The van der Waals surface area contributed by atoms with Gasteiger partial charge in [0.25, 0.3) is 0 Å². The van der Waals surface area contributed by atoms with Crippen LogP contribution in [-0.4, -0.2) is 24.5 Å². The first-order valence-electron chi connectivity index (χ1n) is 7.73. The van der Waals surface area contributed by atoms with Crippen LogP contribution in [0.2, 0.25) is 0 Å². The molecular weight excluding hydrogens is 277 g/mol. The molecule has 0 aromatic heterocycles. The molecule has 0 radical (unpaired) electrons. The molecule has 2 aromatic rings. The van der Waals surface area contributed by atoms with Gasteiger partial charge >= 0.3 is 0 Å². The normalized spacial score (nSPS) is 20.7. The zero-order chi connectivity index (χ0) is 15.5. The highest BCUT2D eigenvalue weighted by Gasteiger charge is 2.29. The van der Waals surface area contributed by atoms with E-state index in [-0.39, 0.29) is 17.9 Å². The van der Waals surface area contributed by atoms with Crippen molar-refractivity contribution in [2.75, 3.05) is 25.4 Å². The lowest BCUT2D eigenvalue weighted by molar-refractivity contribution is 0.115. The Morgan fingerprint density at radius 3 is 2.64 bits per heavy atom. The fourth-order valence-electron chi connectivity index (χ4n) is 3.25. The number of nitrogen functional groups attached to an aromatic ring is 1. The summed E-state index contributed by atoms with van der Waals surface area (Å²) in [4.78, 5) is 2.44. The van der Waals surface area contributed by atoms with Crippen molar-refractivity contribution in [2.45, 2.75) is 19.0 Å². The zero-order valence-electron chi connectivity index (χ0n) is 12.8. The van der Waals surface area contributed by atoms with Gasteiger partial charge in [0.2, 0.25) is 0 Å². The van der Waals surface area contributed by atoms with E-state index in [2.05, 4.69) is 23.2 Å². The molecule has 1 aliphatic rings. The summed E-state index contributed by atoms with van der Waals surface area (Å²) < 4.78 is 13.2. The summed E-state index contributed by atoms with van der Waals surface area (Å²) in [7, 11) is 0. The Bertz CT molecular complexity index is 626. The second kappa shape index (κ2) is 6.46. The molecule has 0 bridgehead atoms. The fraction of sp³-hybridized carbons (Fsp3) is 0.333. The second-order valence-electron chi connectivity index (χ2n) is 5.81. The van der Waals surface area contributed by atoms with E-state index in [0.717, 1.165) is 36.4 Å². The summed E-state index contributed by atoms with van der Waals surface area (Å²) in [5.74, 6) is -0.195. The predicted octanol–water partition coefficient (Wildman–Crippen LogP) is 3.12. The minimum atomic E-state index is -0.195. The van der Waals surface area contributed by atoms with Crippen molar-refractivity contribution >= 4 is 5.69 Å². The molecule has 1 aliphatic heterocycles. The molecule has 4 heteroatoms. The molecule has 0 aliphatic carbocycles. The lowest BCUT2D eigenvalue weighted by atomic mass is 9.97. The van der Waals surface area contributed by atoms with Gasteiger partial charge in [-0.15, -0.1) is 0 Å². The predicted molar refractivity (Wildman–Crippen MR) is 88.0 cm³/mol. The maximum Gasteiger partial charge on any atom is 0.123 e. The first-order chi connectivity index (χ1) is 10.7. The highest BCUT2D eigenvalue weighted by molar-refractivity contribution is 5.48. The molecule has 2 aromatic carbocycles. The van der Waals surface area contributed by atoms with Gasteiger partial charge in [0, 0.05) is 37.4 Å². The van der Waals surface area contributed by atoms with Crippen LogP contribution in [0.3, 0.4) is 0 Å². The molecule has 2 unspecified atom stereocenters. The monoisotopic (exact) mass is 299 g/mol.